The Balaban J connectivity index is 2.55. The monoisotopic (exact) mass is 204 g/mol. The summed E-state index contributed by atoms with van der Waals surface area (Å²) in [7, 11) is 0. The summed E-state index contributed by atoms with van der Waals surface area (Å²) in [5.41, 5.74) is 2.14. The van der Waals surface area contributed by atoms with E-state index >= 15 is 0 Å². The molecule has 5 heteroatoms. The lowest BCUT2D eigenvalue weighted by atomic mass is 10.2. The molecule has 15 heavy (non-hydrogen) atoms. The summed E-state index contributed by atoms with van der Waals surface area (Å²) >= 11 is 0. The fourth-order valence-electron chi connectivity index (χ4n) is 1.46. The molecule has 0 spiro atoms. The van der Waals surface area contributed by atoms with Crippen molar-refractivity contribution in [2.45, 2.75) is 20.1 Å². The van der Waals surface area contributed by atoms with Gasteiger partial charge in [0.15, 0.2) is 0 Å². The summed E-state index contributed by atoms with van der Waals surface area (Å²) in [5, 5.41) is 17.0. The van der Waals surface area contributed by atoms with Gasteiger partial charge in [-0.05, 0) is 19.1 Å². The van der Waals surface area contributed by atoms with Crippen LogP contribution in [0, 0.1) is 0 Å². The Kier molecular flexibility index (Phi) is 2.73. The van der Waals surface area contributed by atoms with Crippen LogP contribution >= 0.6 is 0 Å². The summed E-state index contributed by atoms with van der Waals surface area (Å²) in [4.78, 5) is 4.23. The lowest BCUT2D eigenvalue weighted by Gasteiger charge is -2.03. The maximum absolute atomic E-state index is 9.14. The molecule has 0 fully saturated rings. The zero-order valence-corrected chi connectivity index (χ0v) is 8.46. The third kappa shape index (κ3) is 1.73. The van der Waals surface area contributed by atoms with Crippen LogP contribution in [0.15, 0.2) is 24.4 Å². The molecule has 78 valence electrons. The van der Waals surface area contributed by atoms with Gasteiger partial charge in [0, 0.05) is 12.7 Å². The van der Waals surface area contributed by atoms with Crippen LogP contribution < -0.4 is 0 Å². The van der Waals surface area contributed by atoms with Crippen molar-refractivity contribution in [1.29, 1.82) is 0 Å². The van der Waals surface area contributed by atoms with E-state index in [1.54, 1.807) is 10.9 Å². The maximum atomic E-state index is 9.14. The summed E-state index contributed by atoms with van der Waals surface area (Å²) in [6, 6.07) is 5.63. The van der Waals surface area contributed by atoms with Crippen molar-refractivity contribution >= 4 is 0 Å². The van der Waals surface area contributed by atoms with Crippen molar-refractivity contribution in [3.05, 3.63) is 30.1 Å². The van der Waals surface area contributed by atoms with Gasteiger partial charge in [-0.25, -0.2) is 4.68 Å². The number of aryl methyl sites for hydroxylation is 1. The first kappa shape index (κ1) is 9.79. The average molecular weight is 204 g/mol. The van der Waals surface area contributed by atoms with Gasteiger partial charge in [-0.15, -0.1) is 5.10 Å². The first-order valence-corrected chi connectivity index (χ1v) is 4.81. The molecule has 0 atom stereocenters. The summed E-state index contributed by atoms with van der Waals surface area (Å²) in [6.45, 7) is 2.56. The van der Waals surface area contributed by atoms with E-state index in [0.717, 1.165) is 11.4 Å². The molecule has 2 rings (SSSR count). The Morgan fingerprint density at radius 2 is 2.27 bits per heavy atom. The van der Waals surface area contributed by atoms with Gasteiger partial charge in [-0.1, -0.05) is 11.3 Å². The van der Waals surface area contributed by atoms with Gasteiger partial charge in [-0.3, -0.25) is 4.98 Å². The third-order valence-corrected chi connectivity index (χ3v) is 2.16. The van der Waals surface area contributed by atoms with Gasteiger partial charge >= 0.3 is 0 Å². The van der Waals surface area contributed by atoms with Crippen LogP contribution in [0.3, 0.4) is 0 Å². The van der Waals surface area contributed by atoms with Crippen LogP contribution in [-0.2, 0) is 13.2 Å². The van der Waals surface area contributed by atoms with Gasteiger partial charge in [0.05, 0.1) is 12.3 Å². The summed E-state index contributed by atoms with van der Waals surface area (Å²) in [6.07, 6.45) is 1.71. The second-order valence-electron chi connectivity index (χ2n) is 3.07. The molecule has 2 heterocycles. The molecule has 2 aromatic heterocycles. The number of rotatable bonds is 3. The molecule has 0 radical (unpaired) electrons. The minimum absolute atomic E-state index is 0.119. The molecule has 0 saturated heterocycles. The smallest absolute Gasteiger partial charge is 0.118 e. The van der Waals surface area contributed by atoms with E-state index in [1.165, 1.54) is 0 Å². The Morgan fingerprint density at radius 1 is 1.40 bits per heavy atom. The summed E-state index contributed by atoms with van der Waals surface area (Å²) < 4.78 is 1.73. The molecule has 0 saturated carbocycles. The van der Waals surface area contributed by atoms with Gasteiger partial charge in [0.2, 0.25) is 0 Å². The van der Waals surface area contributed by atoms with Crippen molar-refractivity contribution in [1.82, 2.24) is 20.0 Å². The van der Waals surface area contributed by atoms with Crippen LogP contribution in [0.1, 0.15) is 12.6 Å². The lowest BCUT2D eigenvalue weighted by molar-refractivity contribution is 0.277. The normalized spacial score (nSPS) is 10.5. The number of hydrogen-bond acceptors (Lipinski definition) is 4. The molecular weight excluding hydrogens is 192 g/mol. The molecule has 0 aliphatic heterocycles. The van der Waals surface area contributed by atoms with E-state index in [-0.39, 0.29) is 6.61 Å². The third-order valence-electron chi connectivity index (χ3n) is 2.16. The maximum Gasteiger partial charge on any atom is 0.118 e. The SMILES string of the molecule is CCn1nnc(CO)c1-c1ccccn1. The van der Waals surface area contributed by atoms with E-state index in [0.29, 0.717) is 12.2 Å². The molecule has 2 aromatic rings. The standard InChI is InChI=1S/C10H12N4O/c1-2-14-10(9(7-15)12-13-14)8-5-3-4-6-11-8/h3-6,15H,2,7H2,1H3. The Morgan fingerprint density at radius 3 is 2.87 bits per heavy atom. The van der Waals surface area contributed by atoms with Crippen molar-refractivity contribution in [3.63, 3.8) is 0 Å². The molecule has 0 aliphatic rings. The van der Waals surface area contributed by atoms with E-state index in [4.69, 9.17) is 5.11 Å². The number of hydrogen-bond donors (Lipinski definition) is 1. The van der Waals surface area contributed by atoms with Gasteiger partial charge in [0.25, 0.3) is 0 Å². The largest absolute Gasteiger partial charge is 0.390 e. The first-order chi connectivity index (χ1) is 7.36. The minimum Gasteiger partial charge on any atom is -0.390 e. The minimum atomic E-state index is -0.119. The van der Waals surface area contributed by atoms with Gasteiger partial charge in [0.1, 0.15) is 11.4 Å². The van der Waals surface area contributed by atoms with Crippen LogP contribution in [0.2, 0.25) is 0 Å². The molecule has 0 aromatic carbocycles. The van der Waals surface area contributed by atoms with Crippen LogP contribution in [0.25, 0.3) is 11.4 Å². The van der Waals surface area contributed by atoms with E-state index in [1.807, 2.05) is 25.1 Å². The van der Waals surface area contributed by atoms with E-state index in [9.17, 15) is 0 Å². The molecule has 1 N–H and O–H groups in total. The zero-order valence-electron chi connectivity index (χ0n) is 8.46. The molecule has 0 unspecified atom stereocenters. The molecule has 0 aliphatic carbocycles. The second kappa shape index (κ2) is 4.18. The predicted molar refractivity (Wildman–Crippen MR) is 54.8 cm³/mol. The van der Waals surface area contributed by atoms with E-state index in [2.05, 4.69) is 15.3 Å². The predicted octanol–water partition coefficient (Wildman–Crippen LogP) is 0.852. The fourth-order valence-corrected chi connectivity index (χ4v) is 1.46. The van der Waals surface area contributed by atoms with Crippen LogP contribution in [0.5, 0.6) is 0 Å². The van der Waals surface area contributed by atoms with Crippen molar-refractivity contribution in [2.75, 3.05) is 0 Å². The molecule has 0 amide bonds. The van der Waals surface area contributed by atoms with Crippen molar-refractivity contribution < 1.29 is 5.11 Å². The Labute approximate surface area is 87.4 Å². The fraction of sp³-hybridized carbons (Fsp3) is 0.300. The highest BCUT2D eigenvalue weighted by molar-refractivity contribution is 5.56. The molecular formula is C10H12N4O. The lowest BCUT2D eigenvalue weighted by Crippen LogP contribution is -2.01. The highest BCUT2D eigenvalue weighted by atomic mass is 16.3. The quantitative estimate of drug-likeness (QED) is 0.805. The van der Waals surface area contributed by atoms with E-state index < -0.39 is 0 Å². The number of pyridine rings is 1. The van der Waals surface area contributed by atoms with Crippen molar-refractivity contribution in [3.8, 4) is 11.4 Å². The van der Waals surface area contributed by atoms with Crippen molar-refractivity contribution in [2.24, 2.45) is 0 Å². The summed E-state index contributed by atoms with van der Waals surface area (Å²) in [5.74, 6) is 0. The Hall–Kier alpha value is -1.75. The highest BCUT2D eigenvalue weighted by Crippen LogP contribution is 2.19. The number of aliphatic hydroxyl groups excluding tert-OH is 1. The average Bonchev–Trinajstić information content (AvgIpc) is 2.72. The van der Waals surface area contributed by atoms with Gasteiger partial charge < -0.3 is 5.11 Å². The van der Waals surface area contributed by atoms with Gasteiger partial charge in [-0.2, -0.15) is 0 Å². The van der Waals surface area contributed by atoms with Crippen LogP contribution in [0.4, 0.5) is 0 Å². The molecule has 5 nitrogen and oxygen atoms in total. The first-order valence-electron chi connectivity index (χ1n) is 4.81. The number of aliphatic hydroxyl groups is 1. The second-order valence-corrected chi connectivity index (χ2v) is 3.07. The topological polar surface area (TPSA) is 63.8 Å². The number of aromatic nitrogens is 4. The highest BCUT2D eigenvalue weighted by Gasteiger charge is 2.13. The van der Waals surface area contributed by atoms with Crippen LogP contribution in [-0.4, -0.2) is 25.1 Å². The Bertz CT molecular complexity index is 416. The zero-order chi connectivity index (χ0) is 10.7. The molecule has 0 bridgehead atoms. The number of nitrogens with zero attached hydrogens (tertiary/aromatic N) is 4.